The molecule has 0 amide bonds. The molecule has 0 aliphatic carbocycles. The Morgan fingerprint density at radius 3 is 2.47 bits per heavy atom. The smallest absolute Gasteiger partial charge is 0.344 e. The molecule has 2 nitrogen and oxygen atoms in total. The number of Topliss-reactive ketones (excluding diaryl/α,β-unsaturated/α-hetero) is 1. The number of ketones is 1. The van der Waals surface area contributed by atoms with Gasteiger partial charge in [-0.1, -0.05) is 0 Å². The number of fused-ring (bicyclic) bond motifs is 1. The molecule has 0 N–H and O–H groups in total. The SMILES string of the molecule is CCn1c(CC(C)=O)cc2cc(C(F)(F)F)ccc21. The van der Waals surface area contributed by atoms with Gasteiger partial charge in [0, 0.05) is 29.6 Å². The van der Waals surface area contributed by atoms with Crippen molar-refractivity contribution in [1.29, 1.82) is 0 Å². The lowest BCUT2D eigenvalue weighted by Crippen LogP contribution is -2.06. The van der Waals surface area contributed by atoms with Gasteiger partial charge in [-0.3, -0.25) is 4.79 Å². The van der Waals surface area contributed by atoms with E-state index in [9.17, 15) is 18.0 Å². The maximum absolute atomic E-state index is 12.7. The van der Waals surface area contributed by atoms with Crippen LogP contribution in [-0.4, -0.2) is 10.4 Å². The Morgan fingerprint density at radius 1 is 1.26 bits per heavy atom. The van der Waals surface area contributed by atoms with Crippen molar-refractivity contribution in [2.75, 3.05) is 0 Å². The van der Waals surface area contributed by atoms with E-state index in [2.05, 4.69) is 0 Å². The van der Waals surface area contributed by atoms with Gasteiger partial charge in [-0.25, -0.2) is 0 Å². The van der Waals surface area contributed by atoms with E-state index >= 15 is 0 Å². The third-order valence-electron chi connectivity index (χ3n) is 3.06. The second-order valence-electron chi connectivity index (χ2n) is 4.53. The predicted molar refractivity (Wildman–Crippen MR) is 67.0 cm³/mol. The average molecular weight is 269 g/mol. The fourth-order valence-electron chi connectivity index (χ4n) is 2.28. The summed E-state index contributed by atoms with van der Waals surface area (Å²) in [6.07, 6.45) is -4.10. The minimum Gasteiger partial charge on any atom is -0.344 e. The highest BCUT2D eigenvalue weighted by Gasteiger charge is 2.30. The molecule has 1 aromatic carbocycles. The third-order valence-corrected chi connectivity index (χ3v) is 3.06. The van der Waals surface area contributed by atoms with Gasteiger partial charge in [-0.15, -0.1) is 0 Å². The molecule has 0 spiro atoms. The van der Waals surface area contributed by atoms with Crippen molar-refractivity contribution in [3.63, 3.8) is 0 Å². The van der Waals surface area contributed by atoms with Crippen molar-refractivity contribution in [3.05, 3.63) is 35.5 Å². The van der Waals surface area contributed by atoms with Crippen LogP contribution in [0.2, 0.25) is 0 Å². The first-order valence-corrected chi connectivity index (χ1v) is 6.01. The summed E-state index contributed by atoms with van der Waals surface area (Å²) in [7, 11) is 0. The summed E-state index contributed by atoms with van der Waals surface area (Å²) in [6.45, 7) is 4.00. The zero-order chi connectivity index (χ0) is 14.2. The van der Waals surface area contributed by atoms with Crippen LogP contribution < -0.4 is 0 Å². The summed E-state index contributed by atoms with van der Waals surface area (Å²) in [6, 6.07) is 5.33. The van der Waals surface area contributed by atoms with Gasteiger partial charge >= 0.3 is 6.18 Å². The first-order chi connectivity index (χ1) is 8.82. The van der Waals surface area contributed by atoms with Gasteiger partial charge < -0.3 is 4.57 Å². The lowest BCUT2D eigenvalue weighted by molar-refractivity contribution is -0.137. The molecule has 1 heterocycles. The van der Waals surface area contributed by atoms with Gasteiger partial charge in [0.25, 0.3) is 0 Å². The molecular weight excluding hydrogens is 255 g/mol. The number of rotatable bonds is 3. The van der Waals surface area contributed by atoms with Crippen LogP contribution in [0.5, 0.6) is 0 Å². The number of alkyl halides is 3. The predicted octanol–water partition coefficient (Wildman–Crippen LogP) is 3.81. The number of hydrogen-bond donors (Lipinski definition) is 0. The molecule has 0 aliphatic rings. The van der Waals surface area contributed by atoms with E-state index in [4.69, 9.17) is 0 Å². The van der Waals surface area contributed by atoms with Crippen LogP contribution in [0.15, 0.2) is 24.3 Å². The van der Waals surface area contributed by atoms with E-state index < -0.39 is 11.7 Å². The van der Waals surface area contributed by atoms with Crippen LogP contribution in [0.25, 0.3) is 10.9 Å². The van der Waals surface area contributed by atoms with E-state index in [1.54, 1.807) is 6.07 Å². The van der Waals surface area contributed by atoms with Gasteiger partial charge in [-0.05, 0) is 38.1 Å². The summed E-state index contributed by atoms with van der Waals surface area (Å²) in [4.78, 5) is 11.2. The standard InChI is InChI=1S/C14H14F3NO/c1-3-18-12(6-9(2)19)8-10-7-11(14(15,16)17)4-5-13(10)18/h4-5,7-8H,3,6H2,1-2H3. The molecule has 0 unspecified atom stereocenters. The number of carbonyl (C=O) groups excluding carboxylic acids is 1. The summed E-state index contributed by atoms with van der Waals surface area (Å²) < 4.78 is 39.8. The zero-order valence-electron chi connectivity index (χ0n) is 10.7. The molecule has 0 saturated carbocycles. The number of nitrogens with zero attached hydrogens (tertiary/aromatic N) is 1. The van der Waals surface area contributed by atoms with E-state index in [-0.39, 0.29) is 12.2 Å². The monoisotopic (exact) mass is 269 g/mol. The van der Waals surface area contributed by atoms with Crippen molar-refractivity contribution in [2.45, 2.75) is 33.0 Å². The normalized spacial score (nSPS) is 12.1. The maximum atomic E-state index is 12.7. The van der Waals surface area contributed by atoms with Crippen molar-refractivity contribution in [1.82, 2.24) is 4.57 Å². The highest BCUT2D eigenvalue weighted by atomic mass is 19.4. The zero-order valence-corrected chi connectivity index (χ0v) is 10.7. The first kappa shape index (κ1) is 13.6. The molecule has 0 saturated heterocycles. The van der Waals surface area contributed by atoms with Gasteiger partial charge in [0.1, 0.15) is 5.78 Å². The van der Waals surface area contributed by atoms with Crippen molar-refractivity contribution in [3.8, 4) is 0 Å². The highest BCUT2D eigenvalue weighted by molar-refractivity contribution is 5.85. The topological polar surface area (TPSA) is 22.0 Å². The van der Waals surface area contributed by atoms with Gasteiger partial charge in [0.15, 0.2) is 0 Å². The number of aryl methyl sites for hydroxylation is 1. The quantitative estimate of drug-likeness (QED) is 0.830. The number of aromatic nitrogens is 1. The molecule has 2 rings (SSSR count). The molecule has 1 aromatic heterocycles. The third kappa shape index (κ3) is 2.64. The molecule has 0 bridgehead atoms. The fourth-order valence-corrected chi connectivity index (χ4v) is 2.28. The molecule has 0 radical (unpaired) electrons. The van der Waals surface area contributed by atoms with Gasteiger partial charge in [-0.2, -0.15) is 13.2 Å². The first-order valence-electron chi connectivity index (χ1n) is 6.01. The minimum atomic E-state index is -4.34. The van der Waals surface area contributed by atoms with Crippen LogP contribution in [-0.2, 0) is 23.9 Å². The second kappa shape index (κ2) is 4.72. The molecular formula is C14H14F3NO. The molecule has 0 atom stereocenters. The summed E-state index contributed by atoms with van der Waals surface area (Å²) in [5.41, 5.74) is 0.818. The minimum absolute atomic E-state index is 0.00597. The van der Waals surface area contributed by atoms with Crippen LogP contribution in [0.1, 0.15) is 25.1 Å². The number of benzene rings is 1. The van der Waals surface area contributed by atoms with E-state index in [1.807, 2.05) is 11.5 Å². The van der Waals surface area contributed by atoms with Crippen molar-refractivity contribution >= 4 is 16.7 Å². The Balaban J connectivity index is 2.59. The van der Waals surface area contributed by atoms with Crippen LogP contribution >= 0.6 is 0 Å². The number of hydrogen-bond acceptors (Lipinski definition) is 1. The largest absolute Gasteiger partial charge is 0.416 e. The molecule has 5 heteroatoms. The second-order valence-corrected chi connectivity index (χ2v) is 4.53. The van der Waals surface area contributed by atoms with Crippen LogP contribution in [0, 0.1) is 0 Å². The molecule has 19 heavy (non-hydrogen) atoms. The van der Waals surface area contributed by atoms with E-state index in [0.717, 1.165) is 23.3 Å². The highest BCUT2D eigenvalue weighted by Crippen LogP contribution is 2.32. The van der Waals surface area contributed by atoms with Gasteiger partial charge in [0.05, 0.1) is 5.56 Å². The Morgan fingerprint density at radius 2 is 1.95 bits per heavy atom. The summed E-state index contributed by atoms with van der Waals surface area (Å²) >= 11 is 0. The Kier molecular flexibility index (Phi) is 3.39. The summed E-state index contributed by atoms with van der Waals surface area (Å²) in [5, 5.41) is 0.521. The Labute approximate surface area is 108 Å². The molecule has 102 valence electrons. The Bertz CT molecular complexity index is 625. The van der Waals surface area contributed by atoms with Crippen molar-refractivity contribution < 1.29 is 18.0 Å². The number of carbonyl (C=O) groups is 1. The number of halogens is 3. The Hall–Kier alpha value is -1.78. The van der Waals surface area contributed by atoms with E-state index in [0.29, 0.717) is 11.9 Å². The van der Waals surface area contributed by atoms with Crippen LogP contribution in [0.3, 0.4) is 0 Å². The molecule has 0 fully saturated rings. The molecule has 2 aromatic rings. The fraction of sp³-hybridized carbons (Fsp3) is 0.357. The maximum Gasteiger partial charge on any atom is 0.416 e. The van der Waals surface area contributed by atoms with Crippen molar-refractivity contribution in [2.24, 2.45) is 0 Å². The summed E-state index contributed by atoms with van der Waals surface area (Å²) in [5.74, 6) is -0.00597. The van der Waals surface area contributed by atoms with Gasteiger partial charge in [0.2, 0.25) is 0 Å². The lowest BCUT2D eigenvalue weighted by atomic mass is 10.1. The molecule has 0 aliphatic heterocycles. The van der Waals surface area contributed by atoms with E-state index in [1.165, 1.54) is 13.0 Å². The lowest BCUT2D eigenvalue weighted by Gasteiger charge is -2.08. The average Bonchev–Trinajstić information content (AvgIpc) is 2.62. The van der Waals surface area contributed by atoms with Crippen LogP contribution in [0.4, 0.5) is 13.2 Å².